The molecule has 5 heteroatoms. The molecule has 1 heterocycles. The Balaban J connectivity index is 2.24. The van der Waals surface area contributed by atoms with Crippen LogP contribution in [0.3, 0.4) is 0 Å². The second kappa shape index (κ2) is 4.95. The van der Waals surface area contributed by atoms with Crippen molar-refractivity contribution in [2.45, 2.75) is 19.8 Å². The summed E-state index contributed by atoms with van der Waals surface area (Å²) in [5, 5.41) is 10.6. The molecular weight excluding hydrogens is 218 g/mol. The third-order valence-corrected chi connectivity index (χ3v) is 2.83. The highest BCUT2D eigenvalue weighted by Crippen LogP contribution is 2.22. The molecule has 90 valence electrons. The van der Waals surface area contributed by atoms with Gasteiger partial charge in [0.1, 0.15) is 5.84 Å². The third kappa shape index (κ3) is 2.43. The molecule has 1 aromatic carbocycles. The average molecular weight is 233 g/mol. The van der Waals surface area contributed by atoms with E-state index in [0.717, 1.165) is 37.5 Å². The van der Waals surface area contributed by atoms with E-state index in [1.807, 2.05) is 0 Å². The van der Waals surface area contributed by atoms with E-state index in [9.17, 15) is 10.1 Å². The fourth-order valence-electron chi connectivity index (χ4n) is 1.99. The molecule has 0 fully saturated rings. The molecule has 1 aromatic rings. The van der Waals surface area contributed by atoms with Crippen LogP contribution in [0.25, 0.3) is 0 Å². The van der Waals surface area contributed by atoms with Gasteiger partial charge < -0.3 is 4.90 Å². The van der Waals surface area contributed by atoms with Gasteiger partial charge in [0.15, 0.2) is 0 Å². The highest BCUT2D eigenvalue weighted by atomic mass is 16.6. The predicted octanol–water partition coefficient (Wildman–Crippen LogP) is 2.61. The topological polar surface area (TPSA) is 58.7 Å². The minimum atomic E-state index is -0.380. The van der Waals surface area contributed by atoms with Gasteiger partial charge in [0.05, 0.1) is 4.92 Å². The highest BCUT2D eigenvalue weighted by molar-refractivity contribution is 5.98. The van der Waals surface area contributed by atoms with Gasteiger partial charge in [0, 0.05) is 37.3 Å². The average Bonchev–Trinajstić information content (AvgIpc) is 2.39. The van der Waals surface area contributed by atoms with Crippen LogP contribution in [0.5, 0.6) is 0 Å². The Morgan fingerprint density at radius 1 is 1.41 bits per heavy atom. The molecule has 0 N–H and O–H groups in total. The molecule has 0 atom stereocenters. The van der Waals surface area contributed by atoms with Crippen LogP contribution in [0.4, 0.5) is 11.4 Å². The van der Waals surface area contributed by atoms with Gasteiger partial charge in [-0.15, -0.1) is 0 Å². The first-order chi connectivity index (χ1) is 8.22. The zero-order valence-electron chi connectivity index (χ0n) is 9.80. The molecule has 0 saturated heterocycles. The van der Waals surface area contributed by atoms with E-state index in [1.165, 1.54) is 12.1 Å². The Morgan fingerprint density at radius 3 is 2.71 bits per heavy atom. The number of hydrogen-bond acceptors (Lipinski definition) is 4. The largest absolute Gasteiger partial charge is 0.330 e. The lowest BCUT2D eigenvalue weighted by atomic mass is 10.2. The minimum absolute atomic E-state index is 0.126. The number of rotatable bonds is 3. The molecule has 0 aliphatic carbocycles. The number of nitrogens with zero attached hydrogens (tertiary/aromatic N) is 3. The van der Waals surface area contributed by atoms with Crippen LogP contribution in [0.15, 0.2) is 29.3 Å². The lowest BCUT2D eigenvalue weighted by molar-refractivity contribution is -0.384. The Bertz CT molecular complexity index is 440. The summed E-state index contributed by atoms with van der Waals surface area (Å²) < 4.78 is 0. The Kier molecular flexibility index (Phi) is 3.37. The van der Waals surface area contributed by atoms with Crippen LogP contribution < -0.4 is 4.90 Å². The van der Waals surface area contributed by atoms with E-state index >= 15 is 0 Å². The molecule has 17 heavy (non-hydrogen) atoms. The van der Waals surface area contributed by atoms with Gasteiger partial charge in [-0.1, -0.05) is 6.92 Å². The van der Waals surface area contributed by atoms with Crippen molar-refractivity contribution in [2.24, 2.45) is 4.99 Å². The molecule has 0 radical (unpaired) electrons. The Labute approximate surface area is 99.9 Å². The molecule has 0 aromatic heterocycles. The van der Waals surface area contributed by atoms with Gasteiger partial charge in [0.25, 0.3) is 5.69 Å². The first-order valence-corrected chi connectivity index (χ1v) is 5.77. The molecule has 0 spiro atoms. The molecule has 5 nitrogen and oxygen atoms in total. The first kappa shape index (κ1) is 11.6. The molecule has 0 bridgehead atoms. The SMILES string of the molecule is CCC1=NCCCN1c1ccc([N+](=O)[O-])cc1. The summed E-state index contributed by atoms with van der Waals surface area (Å²) in [5.74, 6) is 1.06. The van der Waals surface area contributed by atoms with Crippen molar-refractivity contribution < 1.29 is 4.92 Å². The van der Waals surface area contributed by atoms with E-state index < -0.39 is 0 Å². The summed E-state index contributed by atoms with van der Waals surface area (Å²) in [5.41, 5.74) is 1.11. The normalized spacial score (nSPS) is 15.6. The predicted molar refractivity (Wildman–Crippen MR) is 67.7 cm³/mol. The maximum Gasteiger partial charge on any atom is 0.269 e. The van der Waals surface area contributed by atoms with Gasteiger partial charge in [-0.05, 0) is 18.6 Å². The van der Waals surface area contributed by atoms with Crippen molar-refractivity contribution in [2.75, 3.05) is 18.0 Å². The quantitative estimate of drug-likeness (QED) is 0.595. The number of nitro groups is 1. The monoisotopic (exact) mass is 233 g/mol. The van der Waals surface area contributed by atoms with Crippen LogP contribution >= 0.6 is 0 Å². The Hall–Kier alpha value is -1.91. The summed E-state index contributed by atoms with van der Waals surface area (Å²) in [6, 6.07) is 6.65. The van der Waals surface area contributed by atoms with Crippen molar-refractivity contribution in [3.63, 3.8) is 0 Å². The second-order valence-corrected chi connectivity index (χ2v) is 3.93. The maximum atomic E-state index is 10.6. The smallest absolute Gasteiger partial charge is 0.269 e. The molecule has 0 saturated carbocycles. The van der Waals surface area contributed by atoms with Gasteiger partial charge in [0.2, 0.25) is 0 Å². The zero-order chi connectivity index (χ0) is 12.3. The lowest BCUT2D eigenvalue weighted by Crippen LogP contribution is -2.35. The number of aliphatic imine (C=N–C) groups is 1. The molecule has 0 unspecified atom stereocenters. The van der Waals surface area contributed by atoms with E-state index in [2.05, 4.69) is 16.8 Å². The fourth-order valence-corrected chi connectivity index (χ4v) is 1.99. The zero-order valence-corrected chi connectivity index (χ0v) is 9.80. The fraction of sp³-hybridized carbons (Fsp3) is 0.417. The molecule has 0 amide bonds. The Morgan fingerprint density at radius 2 is 2.12 bits per heavy atom. The van der Waals surface area contributed by atoms with E-state index in [1.54, 1.807) is 12.1 Å². The summed E-state index contributed by atoms with van der Waals surface area (Å²) in [6.45, 7) is 3.89. The van der Waals surface area contributed by atoms with Crippen LogP contribution in [0, 0.1) is 10.1 Å². The molecular formula is C12H15N3O2. The highest BCUT2D eigenvalue weighted by Gasteiger charge is 2.16. The number of anilines is 1. The van der Waals surface area contributed by atoms with E-state index in [0.29, 0.717) is 0 Å². The van der Waals surface area contributed by atoms with Crippen molar-refractivity contribution in [1.82, 2.24) is 0 Å². The molecule has 1 aliphatic rings. The minimum Gasteiger partial charge on any atom is -0.330 e. The standard InChI is InChI=1S/C12H15N3O2/c1-2-12-13-8-3-9-14(12)10-4-6-11(7-5-10)15(16)17/h4-7H,2-3,8-9H2,1H3. The van der Waals surface area contributed by atoms with Crippen LogP contribution in [0.2, 0.25) is 0 Å². The van der Waals surface area contributed by atoms with Crippen molar-refractivity contribution in [3.05, 3.63) is 34.4 Å². The number of nitro benzene ring substituents is 1. The number of non-ortho nitro benzene ring substituents is 1. The number of benzene rings is 1. The van der Waals surface area contributed by atoms with Crippen LogP contribution in [-0.4, -0.2) is 23.8 Å². The van der Waals surface area contributed by atoms with Gasteiger partial charge in [-0.3, -0.25) is 15.1 Å². The van der Waals surface area contributed by atoms with Crippen LogP contribution in [0.1, 0.15) is 19.8 Å². The van der Waals surface area contributed by atoms with Crippen molar-refractivity contribution >= 4 is 17.2 Å². The van der Waals surface area contributed by atoms with Crippen molar-refractivity contribution in [3.8, 4) is 0 Å². The molecule has 2 rings (SSSR count). The summed E-state index contributed by atoms with van der Waals surface area (Å²) in [6.07, 6.45) is 1.91. The summed E-state index contributed by atoms with van der Waals surface area (Å²) in [4.78, 5) is 16.8. The summed E-state index contributed by atoms with van der Waals surface area (Å²) in [7, 11) is 0. The van der Waals surface area contributed by atoms with Crippen molar-refractivity contribution in [1.29, 1.82) is 0 Å². The maximum absolute atomic E-state index is 10.6. The van der Waals surface area contributed by atoms with Gasteiger partial charge in [-0.2, -0.15) is 0 Å². The van der Waals surface area contributed by atoms with Crippen LogP contribution in [-0.2, 0) is 0 Å². The second-order valence-electron chi connectivity index (χ2n) is 3.93. The first-order valence-electron chi connectivity index (χ1n) is 5.77. The lowest BCUT2D eigenvalue weighted by Gasteiger charge is -2.28. The van der Waals surface area contributed by atoms with E-state index in [-0.39, 0.29) is 10.6 Å². The van der Waals surface area contributed by atoms with Gasteiger partial charge >= 0.3 is 0 Å². The summed E-state index contributed by atoms with van der Waals surface area (Å²) >= 11 is 0. The van der Waals surface area contributed by atoms with E-state index in [4.69, 9.17) is 0 Å². The number of amidine groups is 1. The molecule has 1 aliphatic heterocycles. The van der Waals surface area contributed by atoms with Gasteiger partial charge in [-0.25, -0.2) is 0 Å². The number of hydrogen-bond donors (Lipinski definition) is 0. The third-order valence-electron chi connectivity index (χ3n) is 2.83.